The number of hydrogen-bond donors (Lipinski definition) is 1. The van der Waals surface area contributed by atoms with Crippen molar-refractivity contribution in [3.05, 3.63) is 29.8 Å². The van der Waals surface area contributed by atoms with Crippen LogP contribution in [0.25, 0.3) is 0 Å². The fourth-order valence-electron chi connectivity index (χ4n) is 7.36. The summed E-state index contributed by atoms with van der Waals surface area (Å²) in [5.74, 6) is 4.25. The summed E-state index contributed by atoms with van der Waals surface area (Å²) in [6, 6.07) is 9.25. The topological polar surface area (TPSA) is 54.7 Å². The summed E-state index contributed by atoms with van der Waals surface area (Å²) in [4.78, 5) is 10.4. The van der Waals surface area contributed by atoms with E-state index < -0.39 is 0 Å². The third kappa shape index (κ3) is 4.15. The molecule has 32 heavy (non-hydrogen) atoms. The van der Waals surface area contributed by atoms with E-state index in [-0.39, 0.29) is 5.54 Å². The summed E-state index contributed by atoms with van der Waals surface area (Å²) in [5.41, 5.74) is 2.36. The Kier molecular flexibility index (Phi) is 5.92. The second-order valence-corrected chi connectivity index (χ2v) is 11.4. The predicted molar refractivity (Wildman–Crippen MR) is 131 cm³/mol. The van der Waals surface area contributed by atoms with Crippen LogP contribution in [0.3, 0.4) is 0 Å². The lowest BCUT2D eigenvalue weighted by Crippen LogP contribution is -2.56. The number of anilines is 1. The van der Waals surface area contributed by atoms with Crippen molar-refractivity contribution in [2.75, 3.05) is 31.1 Å². The van der Waals surface area contributed by atoms with Crippen molar-refractivity contribution in [3.8, 4) is 6.19 Å². The van der Waals surface area contributed by atoms with Gasteiger partial charge in [0.2, 0.25) is 0 Å². The highest BCUT2D eigenvalue weighted by Crippen LogP contribution is 2.54. The van der Waals surface area contributed by atoms with Crippen LogP contribution < -0.4 is 10.2 Å². The molecule has 5 nitrogen and oxygen atoms in total. The minimum atomic E-state index is -0.271. The van der Waals surface area contributed by atoms with Crippen molar-refractivity contribution >= 4 is 11.5 Å². The van der Waals surface area contributed by atoms with Crippen molar-refractivity contribution in [1.29, 1.82) is 5.26 Å². The number of nitrogens with one attached hydrogen (secondary N) is 1. The molecule has 0 radical (unpaired) electrons. The van der Waals surface area contributed by atoms with Gasteiger partial charge in [-0.05, 0) is 101 Å². The fourth-order valence-corrected chi connectivity index (χ4v) is 7.36. The standard InChI is InChI=1S/C27H39N5/c1-19-6-4-7-24(12-19)31-8-5-9-32(11-10-31)27(2,3)26(29-18-28)30-25-22-14-20-13-21(16-22)17-23(25)15-20/h4,6-7,12,20-23,25H,5,8-11,13-17H2,1-3H3,(H,29,30). The van der Waals surface area contributed by atoms with Crippen LogP contribution in [0.15, 0.2) is 29.3 Å². The van der Waals surface area contributed by atoms with E-state index in [1.807, 2.05) is 0 Å². The zero-order chi connectivity index (χ0) is 22.3. The summed E-state index contributed by atoms with van der Waals surface area (Å²) >= 11 is 0. The Morgan fingerprint density at radius 1 is 1.03 bits per heavy atom. The molecule has 1 aromatic carbocycles. The van der Waals surface area contributed by atoms with Gasteiger partial charge in [0.15, 0.2) is 6.19 Å². The molecular formula is C27H39N5. The third-order valence-electron chi connectivity index (χ3n) is 8.86. The molecule has 1 N–H and O–H groups in total. The van der Waals surface area contributed by atoms with E-state index in [0.29, 0.717) is 6.04 Å². The second kappa shape index (κ2) is 8.71. The number of amidine groups is 1. The normalized spacial score (nSPS) is 33.1. The van der Waals surface area contributed by atoms with Crippen LogP contribution in [0.5, 0.6) is 0 Å². The van der Waals surface area contributed by atoms with Crippen molar-refractivity contribution in [1.82, 2.24) is 10.2 Å². The molecule has 0 atom stereocenters. The Morgan fingerprint density at radius 2 is 1.75 bits per heavy atom. The van der Waals surface area contributed by atoms with Crippen molar-refractivity contribution in [2.24, 2.45) is 28.7 Å². The Morgan fingerprint density at radius 3 is 2.41 bits per heavy atom. The zero-order valence-corrected chi connectivity index (χ0v) is 20.1. The van der Waals surface area contributed by atoms with Crippen LogP contribution in [0.4, 0.5) is 5.69 Å². The number of aliphatic imine (C=N–C) groups is 1. The molecule has 5 heteroatoms. The van der Waals surface area contributed by atoms with Gasteiger partial charge in [0.25, 0.3) is 0 Å². The fraction of sp³-hybridized carbons (Fsp3) is 0.704. The molecule has 5 aliphatic rings. The molecule has 1 aromatic rings. The molecule has 1 saturated heterocycles. The van der Waals surface area contributed by atoms with E-state index in [1.165, 1.54) is 43.4 Å². The first-order valence-corrected chi connectivity index (χ1v) is 12.7. The first-order valence-electron chi connectivity index (χ1n) is 12.7. The summed E-state index contributed by atoms with van der Waals surface area (Å²) in [6.07, 6.45) is 10.2. The highest BCUT2D eigenvalue weighted by atomic mass is 15.3. The SMILES string of the molecule is Cc1cccc(N2CCCN(C(C)(C)C(=NC3C4CC5CC(C4)CC3C5)NC#N)CC2)c1. The Labute approximate surface area is 193 Å². The Balaban J connectivity index is 1.33. The number of hydrogen-bond acceptors (Lipinski definition) is 4. The lowest BCUT2D eigenvalue weighted by molar-refractivity contribution is 0.000714. The maximum absolute atomic E-state index is 9.58. The molecular weight excluding hydrogens is 394 g/mol. The van der Waals surface area contributed by atoms with Gasteiger partial charge < -0.3 is 4.90 Å². The lowest BCUT2D eigenvalue weighted by Gasteiger charge is -2.53. The van der Waals surface area contributed by atoms with Gasteiger partial charge in [-0.1, -0.05) is 12.1 Å². The van der Waals surface area contributed by atoms with Gasteiger partial charge in [-0.15, -0.1) is 0 Å². The van der Waals surface area contributed by atoms with Crippen molar-refractivity contribution < 1.29 is 0 Å². The van der Waals surface area contributed by atoms with Crippen LogP contribution >= 0.6 is 0 Å². The summed E-state index contributed by atoms with van der Waals surface area (Å²) in [6.45, 7) is 10.8. The maximum Gasteiger partial charge on any atom is 0.182 e. The molecule has 6 rings (SSSR count). The van der Waals surface area contributed by atoms with E-state index >= 15 is 0 Å². The minimum Gasteiger partial charge on any atom is -0.370 e. The van der Waals surface area contributed by atoms with E-state index in [0.717, 1.165) is 62.1 Å². The first-order chi connectivity index (χ1) is 15.4. The molecule has 0 aromatic heterocycles. The van der Waals surface area contributed by atoms with Gasteiger partial charge in [0.05, 0.1) is 11.6 Å². The predicted octanol–water partition coefficient (Wildman–Crippen LogP) is 4.58. The first kappa shape index (κ1) is 21.8. The summed E-state index contributed by atoms with van der Waals surface area (Å²) in [5, 5.41) is 12.6. The molecule has 0 amide bonds. The van der Waals surface area contributed by atoms with Crippen LogP contribution in [0.2, 0.25) is 0 Å². The van der Waals surface area contributed by atoms with E-state index in [1.54, 1.807) is 0 Å². The number of rotatable bonds is 4. The van der Waals surface area contributed by atoms with Crippen molar-refractivity contribution in [2.45, 2.75) is 70.9 Å². The van der Waals surface area contributed by atoms with Gasteiger partial charge in [0.1, 0.15) is 5.84 Å². The molecule has 4 saturated carbocycles. The number of nitriles is 1. The smallest absolute Gasteiger partial charge is 0.182 e. The Bertz CT molecular complexity index is 870. The van der Waals surface area contributed by atoms with Gasteiger partial charge in [-0.3, -0.25) is 15.2 Å². The summed E-state index contributed by atoms with van der Waals surface area (Å²) < 4.78 is 0. The number of benzene rings is 1. The van der Waals surface area contributed by atoms with Crippen LogP contribution in [0, 0.1) is 42.1 Å². The molecule has 172 valence electrons. The quantitative estimate of drug-likeness (QED) is 0.327. The van der Waals surface area contributed by atoms with E-state index in [4.69, 9.17) is 4.99 Å². The molecule has 0 unspecified atom stereocenters. The lowest BCUT2D eigenvalue weighted by atomic mass is 9.54. The van der Waals surface area contributed by atoms with Crippen molar-refractivity contribution in [3.63, 3.8) is 0 Å². The maximum atomic E-state index is 9.58. The molecule has 0 spiro atoms. The van der Waals surface area contributed by atoms with Gasteiger partial charge in [0, 0.05) is 31.9 Å². The Hall–Kier alpha value is -2.06. The average Bonchev–Trinajstić information content (AvgIpc) is 3.02. The molecule has 5 fully saturated rings. The second-order valence-electron chi connectivity index (χ2n) is 11.4. The molecule has 1 heterocycles. The van der Waals surface area contributed by atoms with E-state index in [9.17, 15) is 5.26 Å². The highest BCUT2D eigenvalue weighted by Gasteiger charge is 2.49. The monoisotopic (exact) mass is 433 g/mol. The van der Waals surface area contributed by atoms with Gasteiger partial charge >= 0.3 is 0 Å². The van der Waals surface area contributed by atoms with Crippen LogP contribution in [-0.4, -0.2) is 48.5 Å². The minimum absolute atomic E-state index is 0.271. The summed E-state index contributed by atoms with van der Waals surface area (Å²) in [7, 11) is 0. The number of aryl methyl sites for hydroxylation is 1. The number of nitrogens with zero attached hydrogens (tertiary/aromatic N) is 4. The van der Waals surface area contributed by atoms with Gasteiger partial charge in [-0.25, -0.2) is 0 Å². The largest absolute Gasteiger partial charge is 0.370 e. The third-order valence-corrected chi connectivity index (χ3v) is 8.86. The zero-order valence-electron chi connectivity index (χ0n) is 20.1. The van der Waals surface area contributed by atoms with Crippen LogP contribution in [-0.2, 0) is 0 Å². The molecule has 4 bridgehead atoms. The van der Waals surface area contributed by atoms with Gasteiger partial charge in [-0.2, -0.15) is 5.26 Å². The molecule has 4 aliphatic carbocycles. The highest BCUT2D eigenvalue weighted by molar-refractivity contribution is 5.92. The van der Waals surface area contributed by atoms with E-state index in [2.05, 4.69) is 66.3 Å². The molecule has 1 aliphatic heterocycles. The average molecular weight is 434 g/mol. The van der Waals surface area contributed by atoms with Crippen LogP contribution in [0.1, 0.15) is 57.9 Å².